The third-order valence-corrected chi connectivity index (χ3v) is 8.29. The molecule has 4 rings (SSSR count). The maximum absolute atomic E-state index is 10.6. The van der Waals surface area contributed by atoms with Gasteiger partial charge in [-0.25, -0.2) is 0 Å². The first-order valence-electron chi connectivity index (χ1n) is 9.51. The van der Waals surface area contributed by atoms with Crippen LogP contribution in [0.4, 0.5) is 0 Å². The van der Waals surface area contributed by atoms with Gasteiger partial charge in [0.1, 0.15) is 0 Å². The van der Waals surface area contributed by atoms with Crippen molar-refractivity contribution in [3.63, 3.8) is 0 Å². The minimum Gasteiger partial charge on any atom is -0.393 e. The van der Waals surface area contributed by atoms with Gasteiger partial charge in [0.05, 0.1) is 18.3 Å². The second kappa shape index (κ2) is 5.06. The molecule has 4 aliphatic carbocycles. The van der Waals surface area contributed by atoms with E-state index in [2.05, 4.69) is 26.8 Å². The standard InChI is InChI=1S/C20H32O3/c1-11-10-20(3)15(9-16(22)18(20)23)14-5-4-12-8-13(21)6-7-19(12,2)17(11)14/h4,11,13-18,21-23H,5-10H2,1-3H3/t11-,13-,14?,15?,16+,17?,18-,19-,20-/m0/s1. The van der Waals surface area contributed by atoms with Crippen molar-refractivity contribution in [2.24, 2.45) is 34.5 Å². The van der Waals surface area contributed by atoms with Gasteiger partial charge in [-0.1, -0.05) is 32.4 Å². The summed E-state index contributed by atoms with van der Waals surface area (Å²) in [6, 6.07) is 0. The zero-order chi connectivity index (χ0) is 16.6. The van der Waals surface area contributed by atoms with Crippen LogP contribution in [0.15, 0.2) is 11.6 Å². The van der Waals surface area contributed by atoms with Gasteiger partial charge in [0.15, 0.2) is 0 Å². The highest BCUT2D eigenvalue weighted by Gasteiger charge is 2.62. The van der Waals surface area contributed by atoms with E-state index < -0.39 is 12.2 Å². The van der Waals surface area contributed by atoms with Crippen molar-refractivity contribution in [3.05, 3.63) is 11.6 Å². The first-order chi connectivity index (χ1) is 10.8. The monoisotopic (exact) mass is 320 g/mol. The second-order valence-corrected chi connectivity index (χ2v) is 9.51. The van der Waals surface area contributed by atoms with Crippen molar-refractivity contribution in [1.29, 1.82) is 0 Å². The fourth-order valence-electron chi connectivity index (χ4n) is 7.35. The summed E-state index contributed by atoms with van der Waals surface area (Å²) in [5, 5.41) is 31.0. The number of rotatable bonds is 0. The Morgan fingerprint density at radius 2 is 1.91 bits per heavy atom. The third kappa shape index (κ3) is 2.06. The number of fused-ring (bicyclic) bond motifs is 5. The smallest absolute Gasteiger partial charge is 0.0855 e. The van der Waals surface area contributed by atoms with Gasteiger partial charge in [0.25, 0.3) is 0 Å². The molecule has 0 spiro atoms. The normalized spacial score (nSPS) is 58.9. The maximum Gasteiger partial charge on any atom is 0.0855 e. The summed E-state index contributed by atoms with van der Waals surface area (Å²) in [5.41, 5.74) is 1.56. The minimum absolute atomic E-state index is 0.129. The largest absolute Gasteiger partial charge is 0.393 e. The van der Waals surface area contributed by atoms with Gasteiger partial charge in [-0.2, -0.15) is 0 Å². The first kappa shape index (κ1) is 16.1. The summed E-state index contributed by atoms with van der Waals surface area (Å²) in [6.45, 7) is 6.98. The van der Waals surface area contributed by atoms with Crippen LogP contribution in [-0.4, -0.2) is 33.6 Å². The van der Waals surface area contributed by atoms with Crippen molar-refractivity contribution in [2.75, 3.05) is 0 Å². The number of aliphatic hydroxyl groups excluding tert-OH is 3. The van der Waals surface area contributed by atoms with Crippen molar-refractivity contribution in [2.45, 2.75) is 77.6 Å². The van der Waals surface area contributed by atoms with Crippen LogP contribution in [0.25, 0.3) is 0 Å². The van der Waals surface area contributed by atoms with Crippen LogP contribution in [0.2, 0.25) is 0 Å². The summed E-state index contributed by atoms with van der Waals surface area (Å²) in [5.74, 6) is 2.19. The predicted molar refractivity (Wildman–Crippen MR) is 89.7 cm³/mol. The van der Waals surface area contributed by atoms with Crippen LogP contribution >= 0.6 is 0 Å². The molecule has 130 valence electrons. The van der Waals surface area contributed by atoms with Crippen LogP contribution in [0.5, 0.6) is 0 Å². The Balaban J connectivity index is 1.73. The maximum atomic E-state index is 10.6. The average Bonchev–Trinajstić information content (AvgIpc) is 2.71. The van der Waals surface area contributed by atoms with Crippen LogP contribution in [-0.2, 0) is 0 Å². The molecule has 0 radical (unpaired) electrons. The molecule has 0 aromatic carbocycles. The molecule has 3 nitrogen and oxygen atoms in total. The van der Waals surface area contributed by atoms with Gasteiger partial charge in [-0.15, -0.1) is 0 Å². The summed E-state index contributed by atoms with van der Waals surface area (Å²) < 4.78 is 0. The van der Waals surface area contributed by atoms with Gasteiger partial charge < -0.3 is 15.3 Å². The summed E-state index contributed by atoms with van der Waals surface area (Å²) in [7, 11) is 0. The fourth-order valence-corrected chi connectivity index (χ4v) is 7.35. The Kier molecular flexibility index (Phi) is 3.54. The molecule has 0 saturated heterocycles. The van der Waals surface area contributed by atoms with Gasteiger partial charge >= 0.3 is 0 Å². The van der Waals surface area contributed by atoms with Gasteiger partial charge in [-0.05, 0) is 73.0 Å². The second-order valence-electron chi connectivity index (χ2n) is 9.51. The molecule has 0 bridgehead atoms. The quantitative estimate of drug-likeness (QED) is 0.602. The molecule has 9 atom stereocenters. The molecule has 0 heterocycles. The number of hydrogen-bond acceptors (Lipinski definition) is 3. The zero-order valence-electron chi connectivity index (χ0n) is 14.7. The molecule has 3 heteroatoms. The van der Waals surface area contributed by atoms with E-state index in [0.717, 1.165) is 38.5 Å². The molecular weight excluding hydrogens is 288 g/mol. The van der Waals surface area contributed by atoms with Crippen LogP contribution < -0.4 is 0 Å². The molecule has 0 aliphatic heterocycles. The summed E-state index contributed by atoms with van der Waals surface area (Å²) in [4.78, 5) is 0. The Morgan fingerprint density at radius 1 is 1.17 bits per heavy atom. The van der Waals surface area contributed by atoms with Crippen LogP contribution in [0.3, 0.4) is 0 Å². The van der Waals surface area contributed by atoms with Crippen molar-refractivity contribution in [1.82, 2.24) is 0 Å². The SMILES string of the molecule is C[C@H]1C[C@@]2(C)C(C[C@@H](O)[C@@H]2O)C2CC=C3C[C@@H](O)CC[C@]3(C)C21. The number of aliphatic hydroxyl groups is 3. The van der Waals surface area contributed by atoms with Gasteiger partial charge in [0, 0.05) is 0 Å². The Morgan fingerprint density at radius 3 is 2.65 bits per heavy atom. The van der Waals surface area contributed by atoms with E-state index in [1.807, 2.05) is 0 Å². The van der Waals surface area contributed by atoms with E-state index in [1.165, 1.54) is 5.57 Å². The topological polar surface area (TPSA) is 60.7 Å². The van der Waals surface area contributed by atoms with E-state index in [9.17, 15) is 15.3 Å². The lowest BCUT2D eigenvalue weighted by Gasteiger charge is -2.60. The molecule has 0 aromatic heterocycles. The van der Waals surface area contributed by atoms with Crippen molar-refractivity contribution in [3.8, 4) is 0 Å². The predicted octanol–water partition coefficient (Wildman–Crippen LogP) is 2.89. The van der Waals surface area contributed by atoms with E-state index in [0.29, 0.717) is 23.7 Å². The number of allylic oxidation sites excluding steroid dienone is 1. The highest BCUT2D eigenvalue weighted by molar-refractivity contribution is 5.26. The average molecular weight is 320 g/mol. The van der Waals surface area contributed by atoms with Crippen molar-refractivity contribution >= 4 is 0 Å². The highest BCUT2D eigenvalue weighted by atomic mass is 16.3. The van der Waals surface area contributed by atoms with Crippen LogP contribution in [0.1, 0.15) is 59.3 Å². The molecule has 3 unspecified atom stereocenters. The summed E-state index contributed by atoms with van der Waals surface area (Å²) in [6.07, 6.45) is 6.80. The van der Waals surface area contributed by atoms with Gasteiger partial charge in [0.2, 0.25) is 0 Å². The van der Waals surface area contributed by atoms with E-state index >= 15 is 0 Å². The molecule has 4 aliphatic rings. The molecule has 23 heavy (non-hydrogen) atoms. The minimum atomic E-state index is -0.567. The van der Waals surface area contributed by atoms with E-state index in [4.69, 9.17) is 0 Å². The molecule has 0 aromatic rings. The molecule has 0 amide bonds. The fraction of sp³-hybridized carbons (Fsp3) is 0.900. The van der Waals surface area contributed by atoms with E-state index in [-0.39, 0.29) is 16.9 Å². The summed E-state index contributed by atoms with van der Waals surface area (Å²) >= 11 is 0. The molecule has 3 fully saturated rings. The molecule has 3 saturated carbocycles. The van der Waals surface area contributed by atoms with Gasteiger partial charge in [-0.3, -0.25) is 0 Å². The Hall–Kier alpha value is -0.380. The van der Waals surface area contributed by atoms with Crippen LogP contribution in [0, 0.1) is 34.5 Å². The zero-order valence-corrected chi connectivity index (χ0v) is 14.7. The molecular formula is C20H32O3. The third-order valence-electron chi connectivity index (χ3n) is 8.29. The van der Waals surface area contributed by atoms with E-state index in [1.54, 1.807) is 0 Å². The number of hydrogen-bond donors (Lipinski definition) is 3. The first-order valence-corrected chi connectivity index (χ1v) is 9.51. The lowest BCUT2D eigenvalue weighted by atomic mass is 9.45. The Labute approximate surface area is 139 Å². The van der Waals surface area contributed by atoms with Crippen molar-refractivity contribution < 1.29 is 15.3 Å². The molecule has 3 N–H and O–H groups in total. The lowest BCUT2D eigenvalue weighted by Crippen LogP contribution is -2.54. The highest BCUT2D eigenvalue weighted by Crippen LogP contribution is 2.66. The Bertz CT molecular complexity index is 529. The lowest BCUT2D eigenvalue weighted by molar-refractivity contribution is -0.107.